The molecule has 0 N–H and O–H groups in total. The Morgan fingerprint density at radius 3 is 2.36 bits per heavy atom. The van der Waals surface area contributed by atoms with E-state index in [1.165, 1.54) is 0 Å². The van der Waals surface area contributed by atoms with Crippen LogP contribution in [-0.4, -0.2) is 6.11 Å². The average Bonchev–Trinajstić information content (AvgIpc) is 2.61. The zero-order valence-electron chi connectivity index (χ0n) is 15.2. The molecule has 1 nitrogen and oxygen atoms in total. The Morgan fingerprint density at radius 2 is 1.76 bits per heavy atom. The Kier molecular flexibility index (Phi) is 7.83. The van der Waals surface area contributed by atoms with Gasteiger partial charge in [-0.25, -0.2) is 0 Å². The van der Waals surface area contributed by atoms with Gasteiger partial charge in [0, 0.05) is 6.42 Å². The number of ether oxygens (including phenoxy) is 1. The van der Waals surface area contributed by atoms with Crippen molar-refractivity contribution < 1.29 is 13.5 Å². The molecular formula is C22H30F2O. The molecule has 1 aliphatic rings. The van der Waals surface area contributed by atoms with Crippen LogP contribution in [0.1, 0.15) is 63.0 Å². The van der Waals surface area contributed by atoms with E-state index in [1.54, 1.807) is 0 Å². The van der Waals surface area contributed by atoms with Gasteiger partial charge in [-0.05, 0) is 55.6 Å². The normalized spacial score (nSPS) is 21.6. The summed E-state index contributed by atoms with van der Waals surface area (Å²) in [5.41, 5.74) is 1.84. The van der Waals surface area contributed by atoms with E-state index < -0.39 is 6.11 Å². The molecule has 1 fully saturated rings. The number of allylic oxidation sites excluding steroid dienone is 2. The lowest BCUT2D eigenvalue weighted by molar-refractivity contribution is -0.256. The van der Waals surface area contributed by atoms with Crippen molar-refractivity contribution in [2.24, 2.45) is 11.8 Å². The van der Waals surface area contributed by atoms with Crippen LogP contribution in [0.3, 0.4) is 0 Å². The molecule has 25 heavy (non-hydrogen) atoms. The van der Waals surface area contributed by atoms with E-state index in [0.29, 0.717) is 5.92 Å². The van der Waals surface area contributed by atoms with Crippen molar-refractivity contribution in [2.75, 3.05) is 0 Å². The number of benzene rings is 1. The molecule has 0 atom stereocenters. The first-order chi connectivity index (χ1) is 12.0. The Bertz CT molecular complexity index is 540. The molecule has 0 radical (unpaired) electrons. The molecular weight excluding hydrogens is 318 g/mol. The molecule has 138 valence electrons. The van der Waals surface area contributed by atoms with Crippen LogP contribution in [0.2, 0.25) is 0 Å². The highest BCUT2D eigenvalue weighted by atomic mass is 19.3. The summed E-state index contributed by atoms with van der Waals surface area (Å²) in [6.07, 6.45) is 8.74. The van der Waals surface area contributed by atoms with E-state index in [-0.39, 0.29) is 18.9 Å². The number of rotatable bonds is 9. The number of halogens is 2. The molecule has 1 aromatic rings. The van der Waals surface area contributed by atoms with Crippen molar-refractivity contribution in [3.63, 3.8) is 0 Å². The first kappa shape index (κ1) is 19.8. The van der Waals surface area contributed by atoms with Crippen molar-refractivity contribution in [1.29, 1.82) is 0 Å². The third-order valence-electron chi connectivity index (χ3n) is 5.06. The maximum atomic E-state index is 14.1. The van der Waals surface area contributed by atoms with Crippen LogP contribution < -0.4 is 0 Å². The van der Waals surface area contributed by atoms with Gasteiger partial charge in [-0.3, -0.25) is 0 Å². The largest absolute Gasteiger partial charge is 0.356 e. The minimum absolute atomic E-state index is 0.0439. The van der Waals surface area contributed by atoms with Gasteiger partial charge >= 0.3 is 6.11 Å². The maximum absolute atomic E-state index is 14.1. The van der Waals surface area contributed by atoms with E-state index in [1.807, 2.05) is 49.4 Å². The lowest BCUT2D eigenvalue weighted by atomic mass is 9.78. The molecule has 0 heterocycles. The van der Waals surface area contributed by atoms with Gasteiger partial charge in [-0.15, -0.1) is 6.58 Å². The Balaban J connectivity index is 1.75. The first-order valence-corrected chi connectivity index (χ1v) is 9.36. The second-order valence-corrected chi connectivity index (χ2v) is 7.12. The van der Waals surface area contributed by atoms with Gasteiger partial charge in [-0.2, -0.15) is 8.78 Å². The zero-order valence-corrected chi connectivity index (χ0v) is 15.2. The maximum Gasteiger partial charge on any atom is 0.356 e. The zero-order chi connectivity index (χ0) is 18.1. The number of hydrogen-bond acceptors (Lipinski definition) is 1. The van der Waals surface area contributed by atoms with Gasteiger partial charge in [-0.1, -0.05) is 55.3 Å². The molecule has 0 spiro atoms. The molecule has 0 aromatic heterocycles. The first-order valence-electron chi connectivity index (χ1n) is 9.36. The van der Waals surface area contributed by atoms with Gasteiger partial charge in [0.05, 0.1) is 6.61 Å². The number of alkyl halides is 2. The highest BCUT2D eigenvalue weighted by Gasteiger charge is 2.35. The monoisotopic (exact) mass is 348 g/mol. The van der Waals surface area contributed by atoms with Crippen molar-refractivity contribution in [3.05, 3.63) is 54.1 Å². The second-order valence-electron chi connectivity index (χ2n) is 7.12. The summed E-state index contributed by atoms with van der Waals surface area (Å²) in [7, 11) is 0. The van der Waals surface area contributed by atoms with E-state index in [2.05, 4.69) is 6.58 Å². The van der Waals surface area contributed by atoms with Crippen LogP contribution in [0.25, 0.3) is 6.08 Å². The molecule has 2 rings (SSSR count). The predicted octanol–water partition coefficient (Wildman–Crippen LogP) is 6.99. The fraction of sp³-hybridized carbons (Fsp3) is 0.545. The third-order valence-corrected chi connectivity index (χ3v) is 5.06. The van der Waals surface area contributed by atoms with Gasteiger partial charge in [0.2, 0.25) is 0 Å². The fourth-order valence-electron chi connectivity index (χ4n) is 3.58. The SMILES string of the molecule is C=CCCC1CCC(CC(F)(F)OCc2ccc(/C=C/C)cc2)CC1. The topological polar surface area (TPSA) is 9.23 Å². The third kappa shape index (κ3) is 7.11. The van der Waals surface area contributed by atoms with Crippen LogP contribution in [0.4, 0.5) is 8.78 Å². The van der Waals surface area contributed by atoms with E-state index in [4.69, 9.17) is 4.74 Å². The summed E-state index contributed by atoms with van der Waals surface area (Å²) in [5, 5.41) is 0. The lowest BCUT2D eigenvalue weighted by Gasteiger charge is -2.30. The van der Waals surface area contributed by atoms with Gasteiger partial charge in [0.15, 0.2) is 0 Å². The predicted molar refractivity (Wildman–Crippen MR) is 100 cm³/mol. The van der Waals surface area contributed by atoms with Gasteiger partial charge in [0.25, 0.3) is 0 Å². The van der Waals surface area contributed by atoms with Crippen LogP contribution in [-0.2, 0) is 11.3 Å². The molecule has 0 amide bonds. The Morgan fingerprint density at radius 1 is 1.12 bits per heavy atom. The summed E-state index contributed by atoms with van der Waals surface area (Å²) >= 11 is 0. The minimum Gasteiger partial charge on any atom is -0.316 e. The molecule has 0 aliphatic heterocycles. The summed E-state index contributed by atoms with van der Waals surface area (Å²) in [6, 6.07) is 7.52. The average molecular weight is 348 g/mol. The Labute approximate surface area is 150 Å². The summed E-state index contributed by atoms with van der Waals surface area (Å²) < 4.78 is 33.2. The van der Waals surface area contributed by atoms with Gasteiger partial charge < -0.3 is 4.74 Å². The molecule has 1 aromatic carbocycles. The molecule has 1 aliphatic carbocycles. The van der Waals surface area contributed by atoms with Crippen LogP contribution in [0, 0.1) is 11.8 Å². The van der Waals surface area contributed by atoms with Crippen molar-refractivity contribution in [3.8, 4) is 0 Å². The molecule has 1 saturated carbocycles. The quantitative estimate of drug-likeness (QED) is 0.437. The van der Waals surface area contributed by atoms with E-state index in [0.717, 1.165) is 49.7 Å². The van der Waals surface area contributed by atoms with E-state index in [9.17, 15) is 8.78 Å². The minimum atomic E-state index is -3.04. The smallest absolute Gasteiger partial charge is 0.316 e. The molecule has 0 bridgehead atoms. The summed E-state index contributed by atoms with van der Waals surface area (Å²) in [4.78, 5) is 0. The number of hydrogen-bond donors (Lipinski definition) is 0. The highest BCUT2D eigenvalue weighted by Crippen LogP contribution is 2.38. The van der Waals surface area contributed by atoms with Crippen LogP contribution in [0.15, 0.2) is 43.0 Å². The van der Waals surface area contributed by atoms with Crippen molar-refractivity contribution in [1.82, 2.24) is 0 Å². The fourth-order valence-corrected chi connectivity index (χ4v) is 3.58. The van der Waals surface area contributed by atoms with Crippen LogP contribution in [0.5, 0.6) is 0 Å². The standard InChI is InChI=1S/C22H30F2O/c1-3-5-7-19-8-12-20(13-9-19)16-22(23,24)25-17-21-14-10-18(6-4-2)11-15-21/h3-4,6,10-11,14-15,19-20H,1,5,7-9,12-13,16-17H2,2H3/b6-4+. The highest BCUT2D eigenvalue weighted by molar-refractivity contribution is 5.49. The lowest BCUT2D eigenvalue weighted by Crippen LogP contribution is -2.27. The van der Waals surface area contributed by atoms with E-state index >= 15 is 0 Å². The molecule has 3 heteroatoms. The summed E-state index contributed by atoms with van der Waals surface area (Å²) in [6.45, 7) is 5.65. The van der Waals surface area contributed by atoms with Crippen LogP contribution >= 0.6 is 0 Å². The van der Waals surface area contributed by atoms with Crippen molar-refractivity contribution >= 4 is 6.08 Å². The van der Waals surface area contributed by atoms with Gasteiger partial charge in [0.1, 0.15) is 0 Å². The molecule has 0 saturated heterocycles. The van der Waals surface area contributed by atoms with Crippen molar-refractivity contribution in [2.45, 2.75) is 64.6 Å². The summed E-state index contributed by atoms with van der Waals surface area (Å²) in [5.74, 6) is 0.756. The Hall–Kier alpha value is -1.48. The molecule has 0 unspecified atom stereocenters. The second kappa shape index (κ2) is 9.86.